The van der Waals surface area contributed by atoms with Gasteiger partial charge in [-0.1, -0.05) is 13.0 Å². The van der Waals surface area contributed by atoms with Crippen molar-refractivity contribution in [3.63, 3.8) is 0 Å². The van der Waals surface area contributed by atoms with Crippen LogP contribution >= 0.6 is 0 Å². The SMILES string of the molecule is CCN(CCOC)Cc1ccc(N)cc1F. The smallest absolute Gasteiger partial charge is 0.129 e. The highest BCUT2D eigenvalue weighted by molar-refractivity contribution is 5.40. The van der Waals surface area contributed by atoms with Crippen LogP contribution in [0.2, 0.25) is 0 Å². The van der Waals surface area contributed by atoms with Crippen molar-refractivity contribution < 1.29 is 9.13 Å². The first-order chi connectivity index (χ1) is 7.67. The molecule has 16 heavy (non-hydrogen) atoms. The van der Waals surface area contributed by atoms with Crippen molar-refractivity contribution in [1.82, 2.24) is 4.90 Å². The van der Waals surface area contributed by atoms with Crippen LogP contribution in [-0.4, -0.2) is 31.7 Å². The van der Waals surface area contributed by atoms with Gasteiger partial charge in [-0.05, 0) is 18.7 Å². The van der Waals surface area contributed by atoms with E-state index in [2.05, 4.69) is 4.90 Å². The molecule has 0 radical (unpaired) electrons. The average Bonchev–Trinajstić information content (AvgIpc) is 2.27. The predicted octanol–water partition coefficient (Wildman–Crippen LogP) is 1.88. The molecule has 0 heterocycles. The van der Waals surface area contributed by atoms with E-state index in [0.717, 1.165) is 13.1 Å². The summed E-state index contributed by atoms with van der Waals surface area (Å²) in [6.45, 7) is 4.96. The minimum Gasteiger partial charge on any atom is -0.399 e. The van der Waals surface area contributed by atoms with Crippen LogP contribution in [0.1, 0.15) is 12.5 Å². The molecule has 2 N–H and O–H groups in total. The molecular formula is C12H19FN2O. The number of hydrogen-bond acceptors (Lipinski definition) is 3. The second kappa shape index (κ2) is 6.45. The number of likely N-dealkylation sites (N-methyl/N-ethyl adjacent to an activating group) is 1. The second-order valence-corrected chi connectivity index (χ2v) is 3.71. The fraction of sp³-hybridized carbons (Fsp3) is 0.500. The van der Waals surface area contributed by atoms with E-state index < -0.39 is 0 Å². The molecule has 0 atom stereocenters. The van der Waals surface area contributed by atoms with E-state index in [9.17, 15) is 4.39 Å². The highest BCUT2D eigenvalue weighted by atomic mass is 19.1. The first kappa shape index (κ1) is 12.9. The Bertz CT molecular complexity index is 331. The van der Waals surface area contributed by atoms with Crippen LogP contribution in [0.3, 0.4) is 0 Å². The van der Waals surface area contributed by atoms with Gasteiger partial charge in [0, 0.05) is 31.5 Å². The maximum absolute atomic E-state index is 13.5. The van der Waals surface area contributed by atoms with Crippen molar-refractivity contribution in [3.8, 4) is 0 Å². The molecule has 4 heteroatoms. The maximum atomic E-state index is 13.5. The molecule has 0 aromatic heterocycles. The molecule has 90 valence electrons. The van der Waals surface area contributed by atoms with E-state index in [-0.39, 0.29) is 5.82 Å². The molecule has 3 nitrogen and oxygen atoms in total. The quantitative estimate of drug-likeness (QED) is 0.753. The number of nitrogens with two attached hydrogens (primary N) is 1. The summed E-state index contributed by atoms with van der Waals surface area (Å²) in [6.07, 6.45) is 0. The molecule has 0 spiro atoms. The highest BCUT2D eigenvalue weighted by Gasteiger charge is 2.07. The standard InChI is InChI=1S/C12H19FN2O/c1-3-15(6-7-16-2)9-10-4-5-11(14)8-12(10)13/h4-5,8H,3,6-7,9,14H2,1-2H3. The van der Waals surface area contributed by atoms with Gasteiger partial charge in [0.15, 0.2) is 0 Å². The third-order valence-electron chi connectivity index (χ3n) is 2.53. The van der Waals surface area contributed by atoms with Gasteiger partial charge in [-0.25, -0.2) is 4.39 Å². The number of halogens is 1. The number of nitrogen functional groups attached to an aromatic ring is 1. The van der Waals surface area contributed by atoms with Crippen molar-refractivity contribution in [2.45, 2.75) is 13.5 Å². The molecule has 0 aliphatic rings. The van der Waals surface area contributed by atoms with Gasteiger partial charge >= 0.3 is 0 Å². The van der Waals surface area contributed by atoms with Crippen molar-refractivity contribution >= 4 is 5.69 Å². The van der Waals surface area contributed by atoms with Crippen LogP contribution in [0, 0.1) is 5.82 Å². The topological polar surface area (TPSA) is 38.5 Å². The van der Waals surface area contributed by atoms with Gasteiger partial charge in [-0.15, -0.1) is 0 Å². The fourth-order valence-corrected chi connectivity index (χ4v) is 1.50. The van der Waals surface area contributed by atoms with Crippen molar-refractivity contribution in [2.24, 2.45) is 0 Å². The number of anilines is 1. The van der Waals surface area contributed by atoms with Gasteiger partial charge in [0.2, 0.25) is 0 Å². The molecule has 0 bridgehead atoms. The van der Waals surface area contributed by atoms with E-state index in [1.54, 1.807) is 19.2 Å². The lowest BCUT2D eigenvalue weighted by molar-refractivity contribution is 0.147. The summed E-state index contributed by atoms with van der Waals surface area (Å²) in [5.74, 6) is -0.240. The summed E-state index contributed by atoms with van der Waals surface area (Å²) >= 11 is 0. The Kier molecular flexibility index (Phi) is 5.22. The van der Waals surface area contributed by atoms with Crippen molar-refractivity contribution in [2.75, 3.05) is 32.5 Å². The lowest BCUT2D eigenvalue weighted by Crippen LogP contribution is -2.27. The number of hydrogen-bond donors (Lipinski definition) is 1. The van der Waals surface area contributed by atoms with Gasteiger partial charge < -0.3 is 10.5 Å². The summed E-state index contributed by atoms with van der Waals surface area (Å²) in [5.41, 5.74) is 6.63. The number of rotatable bonds is 6. The first-order valence-electron chi connectivity index (χ1n) is 5.42. The number of nitrogens with zero attached hydrogens (tertiary/aromatic N) is 1. The molecule has 0 saturated carbocycles. The van der Waals surface area contributed by atoms with E-state index in [4.69, 9.17) is 10.5 Å². The van der Waals surface area contributed by atoms with Crippen LogP contribution in [0.15, 0.2) is 18.2 Å². The minimum atomic E-state index is -0.240. The molecule has 1 aromatic carbocycles. The van der Waals surface area contributed by atoms with Crippen LogP contribution in [0.25, 0.3) is 0 Å². The molecule has 1 aromatic rings. The van der Waals surface area contributed by atoms with Crippen molar-refractivity contribution in [1.29, 1.82) is 0 Å². The molecule has 0 unspecified atom stereocenters. The maximum Gasteiger partial charge on any atom is 0.129 e. The molecule has 0 aliphatic carbocycles. The zero-order valence-corrected chi connectivity index (χ0v) is 9.87. The van der Waals surface area contributed by atoms with Gasteiger partial charge in [-0.2, -0.15) is 0 Å². The molecular weight excluding hydrogens is 207 g/mol. The molecule has 0 aliphatic heterocycles. The summed E-state index contributed by atoms with van der Waals surface area (Å²) in [7, 11) is 1.66. The number of methoxy groups -OCH3 is 1. The molecule has 0 fully saturated rings. The Hall–Kier alpha value is -1.13. The van der Waals surface area contributed by atoms with Crippen molar-refractivity contribution in [3.05, 3.63) is 29.6 Å². The number of benzene rings is 1. The Labute approximate surface area is 96.0 Å². The Morgan fingerprint density at radius 1 is 1.44 bits per heavy atom. The van der Waals surface area contributed by atoms with Gasteiger partial charge in [0.05, 0.1) is 6.61 Å². The first-order valence-corrected chi connectivity index (χ1v) is 5.42. The summed E-state index contributed by atoms with van der Waals surface area (Å²) in [6, 6.07) is 4.82. The van der Waals surface area contributed by atoms with E-state index in [0.29, 0.717) is 24.4 Å². The monoisotopic (exact) mass is 226 g/mol. The summed E-state index contributed by atoms with van der Waals surface area (Å²) in [4.78, 5) is 2.12. The summed E-state index contributed by atoms with van der Waals surface area (Å²) in [5, 5.41) is 0. The predicted molar refractivity (Wildman–Crippen MR) is 63.6 cm³/mol. The highest BCUT2D eigenvalue weighted by Crippen LogP contribution is 2.13. The normalized spacial score (nSPS) is 11.0. The minimum absolute atomic E-state index is 0.240. The van der Waals surface area contributed by atoms with E-state index in [1.165, 1.54) is 6.07 Å². The molecule has 0 amide bonds. The van der Waals surface area contributed by atoms with Gasteiger partial charge in [-0.3, -0.25) is 4.90 Å². The van der Waals surface area contributed by atoms with Crippen LogP contribution < -0.4 is 5.73 Å². The van der Waals surface area contributed by atoms with Crippen LogP contribution in [-0.2, 0) is 11.3 Å². The zero-order valence-electron chi connectivity index (χ0n) is 9.87. The zero-order chi connectivity index (χ0) is 12.0. The lowest BCUT2D eigenvalue weighted by Gasteiger charge is -2.20. The largest absolute Gasteiger partial charge is 0.399 e. The summed E-state index contributed by atoms with van der Waals surface area (Å²) < 4.78 is 18.5. The molecule has 1 rings (SSSR count). The molecule has 0 saturated heterocycles. The van der Waals surface area contributed by atoms with Crippen LogP contribution in [0.5, 0.6) is 0 Å². The average molecular weight is 226 g/mol. The second-order valence-electron chi connectivity index (χ2n) is 3.71. The Morgan fingerprint density at radius 3 is 2.75 bits per heavy atom. The van der Waals surface area contributed by atoms with E-state index >= 15 is 0 Å². The van der Waals surface area contributed by atoms with E-state index in [1.807, 2.05) is 6.92 Å². The third-order valence-corrected chi connectivity index (χ3v) is 2.53. The number of ether oxygens (including phenoxy) is 1. The van der Waals surface area contributed by atoms with Gasteiger partial charge in [0.1, 0.15) is 5.82 Å². The lowest BCUT2D eigenvalue weighted by atomic mass is 10.2. The van der Waals surface area contributed by atoms with Crippen LogP contribution in [0.4, 0.5) is 10.1 Å². The Morgan fingerprint density at radius 2 is 2.19 bits per heavy atom. The fourth-order valence-electron chi connectivity index (χ4n) is 1.50. The third kappa shape index (κ3) is 3.79. The van der Waals surface area contributed by atoms with Gasteiger partial charge in [0.25, 0.3) is 0 Å². The Balaban J connectivity index is 2.62.